The topological polar surface area (TPSA) is 91.5 Å². The lowest BCUT2D eigenvalue weighted by molar-refractivity contribution is -0.109. The summed E-state index contributed by atoms with van der Waals surface area (Å²) in [6, 6.07) is 61.4. The SMILES string of the molecule is CC(=O)Sc1ccc(C#Cc2ccc(-c3c4nc(c(-c5ccccc5)c5ccc([nH]5)c(-c5ccc(C#Cc6ccc(SC(C)=O)cc6)cc5)c5nc(c(-c6ccccc6)c6ccc3[nH]6)C=C5)C=C4)cc2)cc1. The van der Waals surface area contributed by atoms with E-state index in [2.05, 4.69) is 155 Å². The Labute approximate surface area is 426 Å². The molecule has 0 aliphatic carbocycles. The highest BCUT2D eigenvalue weighted by Crippen LogP contribution is 2.38. The van der Waals surface area contributed by atoms with Crippen molar-refractivity contribution >= 4 is 80.1 Å². The highest BCUT2D eigenvalue weighted by Gasteiger charge is 2.19. The summed E-state index contributed by atoms with van der Waals surface area (Å²) in [5.74, 6) is 13.2. The van der Waals surface area contributed by atoms with Crippen molar-refractivity contribution in [2.45, 2.75) is 23.6 Å². The minimum Gasteiger partial charge on any atom is -0.354 e. The molecular weight excluding hydrogens is 921 g/mol. The summed E-state index contributed by atoms with van der Waals surface area (Å²) >= 11 is 2.43. The van der Waals surface area contributed by atoms with Gasteiger partial charge in [0.25, 0.3) is 0 Å². The molecule has 0 saturated heterocycles. The zero-order valence-electron chi connectivity index (χ0n) is 39.2. The highest BCUT2D eigenvalue weighted by atomic mass is 32.2. The lowest BCUT2D eigenvalue weighted by Gasteiger charge is -2.07. The number of hydrogen-bond acceptors (Lipinski definition) is 6. The van der Waals surface area contributed by atoms with Gasteiger partial charge in [-0.25, -0.2) is 9.97 Å². The molecule has 0 saturated carbocycles. The van der Waals surface area contributed by atoms with E-state index in [0.29, 0.717) is 0 Å². The molecule has 342 valence electrons. The number of rotatable bonds is 6. The number of nitrogens with zero attached hydrogens (tertiary/aromatic N) is 2. The average molecular weight is 963 g/mol. The lowest BCUT2D eigenvalue weighted by Crippen LogP contribution is -1.90. The Morgan fingerprint density at radius 3 is 0.889 bits per heavy atom. The van der Waals surface area contributed by atoms with E-state index in [4.69, 9.17) is 9.97 Å². The van der Waals surface area contributed by atoms with Gasteiger partial charge in [-0.3, -0.25) is 9.59 Å². The number of nitrogens with one attached hydrogen (secondary N) is 2. The summed E-state index contributed by atoms with van der Waals surface area (Å²) in [4.78, 5) is 43.6. The molecular formula is C64H42N4O2S2. The predicted octanol–water partition coefficient (Wildman–Crippen LogP) is 15.4. The maximum Gasteiger partial charge on any atom is 0.190 e. The van der Waals surface area contributed by atoms with Gasteiger partial charge >= 0.3 is 0 Å². The van der Waals surface area contributed by atoms with Crippen LogP contribution in [-0.2, 0) is 9.59 Å². The van der Waals surface area contributed by atoms with Crippen LogP contribution in [-0.4, -0.2) is 30.2 Å². The number of fused-ring (bicyclic) bond motifs is 8. The molecule has 3 aromatic heterocycles. The van der Waals surface area contributed by atoms with Crippen molar-refractivity contribution in [3.63, 3.8) is 0 Å². The van der Waals surface area contributed by atoms with E-state index in [1.54, 1.807) is 13.8 Å². The number of aromatic nitrogens is 4. The molecule has 8 heteroatoms. The summed E-state index contributed by atoms with van der Waals surface area (Å²) in [5, 5.41) is 0.106. The van der Waals surface area contributed by atoms with E-state index in [1.165, 1.54) is 23.5 Å². The zero-order valence-corrected chi connectivity index (χ0v) is 40.8. The van der Waals surface area contributed by atoms with Crippen LogP contribution in [0.1, 0.15) is 58.9 Å². The average Bonchev–Trinajstić information content (AvgIpc) is 4.26. The first-order chi connectivity index (χ1) is 35.3. The molecule has 2 aliphatic rings. The summed E-state index contributed by atoms with van der Waals surface area (Å²) < 4.78 is 0. The van der Waals surface area contributed by atoms with Crippen LogP contribution in [0.5, 0.6) is 0 Å². The first kappa shape index (κ1) is 45.5. The Bertz CT molecular complexity index is 3680. The third kappa shape index (κ3) is 9.92. The predicted molar refractivity (Wildman–Crippen MR) is 299 cm³/mol. The zero-order chi connectivity index (χ0) is 49.0. The third-order valence-electron chi connectivity index (χ3n) is 12.2. The summed E-state index contributed by atoms with van der Waals surface area (Å²) in [5.41, 5.74) is 18.3. The van der Waals surface area contributed by atoms with Crippen LogP contribution in [0, 0.1) is 23.7 Å². The monoisotopic (exact) mass is 962 g/mol. The fourth-order valence-corrected chi connectivity index (χ4v) is 10.1. The van der Waals surface area contributed by atoms with Gasteiger partial charge in [-0.05, 0) is 144 Å². The summed E-state index contributed by atoms with van der Waals surface area (Å²) in [6.07, 6.45) is 8.43. The second-order valence-electron chi connectivity index (χ2n) is 17.1. The van der Waals surface area contributed by atoms with Crippen molar-refractivity contribution in [3.8, 4) is 68.2 Å². The summed E-state index contributed by atoms with van der Waals surface area (Å²) in [6.45, 7) is 3.13. The molecule has 2 aliphatic heterocycles. The Morgan fingerprint density at radius 2 is 0.611 bits per heavy atom. The number of aromatic amines is 2. The van der Waals surface area contributed by atoms with E-state index in [0.717, 1.165) is 121 Å². The minimum atomic E-state index is 0.0532. The molecule has 0 spiro atoms. The first-order valence-electron chi connectivity index (χ1n) is 23.4. The molecule has 6 nitrogen and oxygen atoms in total. The number of benzene rings is 6. The van der Waals surface area contributed by atoms with Gasteiger partial charge in [-0.2, -0.15) is 0 Å². The van der Waals surface area contributed by atoms with Crippen molar-refractivity contribution in [1.29, 1.82) is 0 Å². The van der Waals surface area contributed by atoms with E-state index >= 15 is 0 Å². The molecule has 0 radical (unpaired) electrons. The van der Waals surface area contributed by atoms with E-state index in [9.17, 15) is 9.59 Å². The third-order valence-corrected chi connectivity index (χ3v) is 13.8. The van der Waals surface area contributed by atoms with Crippen LogP contribution in [0.4, 0.5) is 0 Å². The van der Waals surface area contributed by atoms with Gasteiger partial charge in [0.15, 0.2) is 10.2 Å². The number of carbonyl (C=O) groups is 2. The molecule has 9 aromatic rings. The van der Waals surface area contributed by atoms with Crippen LogP contribution in [0.15, 0.2) is 192 Å². The maximum absolute atomic E-state index is 11.6. The molecule has 5 heterocycles. The molecule has 11 rings (SSSR count). The van der Waals surface area contributed by atoms with Crippen LogP contribution in [0.25, 0.3) is 90.9 Å². The van der Waals surface area contributed by atoms with Crippen LogP contribution in [0.3, 0.4) is 0 Å². The minimum absolute atomic E-state index is 0.0532. The van der Waals surface area contributed by atoms with Gasteiger partial charge in [-0.1, -0.05) is 132 Å². The van der Waals surface area contributed by atoms with Crippen molar-refractivity contribution in [2.24, 2.45) is 0 Å². The van der Waals surface area contributed by atoms with Crippen LogP contribution < -0.4 is 0 Å². The maximum atomic E-state index is 11.6. The van der Waals surface area contributed by atoms with Crippen LogP contribution in [0.2, 0.25) is 0 Å². The Kier molecular flexibility index (Phi) is 12.8. The molecule has 2 N–H and O–H groups in total. The molecule has 8 bridgehead atoms. The fraction of sp³-hybridized carbons (Fsp3) is 0.0312. The van der Waals surface area contributed by atoms with Crippen molar-refractivity contribution in [2.75, 3.05) is 0 Å². The van der Waals surface area contributed by atoms with Gasteiger partial charge in [0.2, 0.25) is 0 Å². The van der Waals surface area contributed by atoms with Gasteiger partial charge in [-0.15, -0.1) is 0 Å². The Balaban J connectivity index is 1.09. The molecule has 0 fully saturated rings. The van der Waals surface area contributed by atoms with Gasteiger partial charge in [0, 0.05) is 90.2 Å². The molecule has 72 heavy (non-hydrogen) atoms. The standard InChI is InChI=1S/C64H42N4O2S2/c1-41(69)71-51-29-21-45(22-30-51)15-13-43-17-25-49(26-18-43)63-57-37-33-53(65-57)61(47-9-5-3-6-10-47)55-35-39-59(67-55)64(50-27-19-44(20-28-50)14-16-46-23-31-52(32-24-46)72-42(2)70)60-40-36-56(68-60)62(48-11-7-4-8-12-48)54-34-38-58(63)66-54/h3-12,17-40,65,68H,1-2H3. The quantitative estimate of drug-likeness (QED) is 0.127. The Hall–Kier alpha value is -8.92. The molecule has 0 atom stereocenters. The van der Waals surface area contributed by atoms with E-state index < -0.39 is 0 Å². The first-order valence-corrected chi connectivity index (χ1v) is 25.0. The van der Waals surface area contributed by atoms with Gasteiger partial charge in [0.1, 0.15) is 0 Å². The smallest absolute Gasteiger partial charge is 0.190 e. The van der Waals surface area contributed by atoms with Crippen LogP contribution >= 0.6 is 23.5 Å². The summed E-state index contributed by atoms with van der Waals surface area (Å²) in [7, 11) is 0. The lowest BCUT2D eigenvalue weighted by atomic mass is 10.0. The second-order valence-corrected chi connectivity index (χ2v) is 19.6. The van der Waals surface area contributed by atoms with E-state index in [1.807, 2.05) is 84.9 Å². The fourth-order valence-electron chi connectivity index (χ4n) is 8.90. The van der Waals surface area contributed by atoms with Gasteiger partial charge < -0.3 is 9.97 Å². The largest absolute Gasteiger partial charge is 0.354 e. The molecule has 0 unspecified atom stereocenters. The van der Waals surface area contributed by atoms with Crippen molar-refractivity contribution in [1.82, 2.24) is 19.9 Å². The highest BCUT2D eigenvalue weighted by molar-refractivity contribution is 8.13. The Morgan fingerprint density at radius 1 is 0.347 bits per heavy atom. The molecule has 0 amide bonds. The number of thioether (sulfide) groups is 2. The normalized spacial score (nSPS) is 11.4. The van der Waals surface area contributed by atoms with Gasteiger partial charge in [0.05, 0.1) is 22.8 Å². The second kappa shape index (κ2) is 20.2. The van der Waals surface area contributed by atoms with Crippen molar-refractivity contribution < 1.29 is 9.59 Å². The number of hydrogen-bond donors (Lipinski definition) is 2. The molecule has 6 aromatic carbocycles. The van der Waals surface area contributed by atoms with Crippen molar-refractivity contribution in [3.05, 3.63) is 227 Å². The number of carbonyl (C=O) groups excluding carboxylic acids is 2. The number of H-pyrrole nitrogens is 2. The van der Waals surface area contributed by atoms with E-state index in [-0.39, 0.29) is 10.2 Å².